The van der Waals surface area contributed by atoms with Gasteiger partial charge in [0, 0.05) is 11.3 Å². The molecule has 2 heterocycles. The van der Waals surface area contributed by atoms with Crippen molar-refractivity contribution in [3.63, 3.8) is 0 Å². The first-order valence-electron chi connectivity index (χ1n) is 11.5. The third-order valence-electron chi connectivity index (χ3n) is 6.07. The predicted molar refractivity (Wildman–Crippen MR) is 143 cm³/mol. The van der Waals surface area contributed by atoms with Gasteiger partial charge in [0.2, 0.25) is 5.91 Å². The highest BCUT2D eigenvalue weighted by atomic mass is 32.2. The van der Waals surface area contributed by atoms with E-state index < -0.39 is 15.8 Å². The minimum atomic E-state index is -4.01. The zero-order valence-electron chi connectivity index (χ0n) is 20.1. The molecule has 1 N–H and O–H groups in total. The summed E-state index contributed by atoms with van der Waals surface area (Å²) in [5.41, 5.74) is 4.78. The zero-order chi connectivity index (χ0) is 26.2. The van der Waals surface area contributed by atoms with Gasteiger partial charge in [0.15, 0.2) is 5.16 Å². The molecule has 188 valence electrons. The Morgan fingerprint density at radius 3 is 2.62 bits per heavy atom. The molecule has 0 saturated heterocycles. The zero-order valence-corrected chi connectivity index (χ0v) is 21.7. The van der Waals surface area contributed by atoms with E-state index in [4.69, 9.17) is 0 Å². The van der Waals surface area contributed by atoms with Crippen molar-refractivity contribution in [3.05, 3.63) is 95.4 Å². The van der Waals surface area contributed by atoms with Gasteiger partial charge in [0.05, 0.1) is 29.9 Å². The van der Waals surface area contributed by atoms with Crippen molar-refractivity contribution >= 4 is 39.1 Å². The summed E-state index contributed by atoms with van der Waals surface area (Å²) in [5, 5.41) is 3.15. The molecule has 3 aromatic carbocycles. The summed E-state index contributed by atoms with van der Waals surface area (Å²) >= 11 is 1.12. The van der Waals surface area contributed by atoms with Gasteiger partial charge < -0.3 is 5.32 Å². The quantitative estimate of drug-likeness (QED) is 0.265. The lowest BCUT2D eigenvalue weighted by atomic mass is 10.1. The Hall–Kier alpha value is -3.76. The van der Waals surface area contributed by atoms with Gasteiger partial charge in [-0.05, 0) is 60.9 Å². The number of aromatic nitrogens is 2. The van der Waals surface area contributed by atoms with Crippen molar-refractivity contribution in [3.8, 4) is 11.3 Å². The standard InChI is InChI=1S/C27H23FN4O3S2/c1-17-10-11-21(12-18(17)2)30-25(33)16-36-27-29-14-24-26(31-27)22-8-3-4-9-23(22)32(37(24,34)35)15-19-6-5-7-20(28)13-19/h3-14H,15-16H2,1-2H3,(H,30,33). The van der Waals surface area contributed by atoms with E-state index in [-0.39, 0.29) is 34.0 Å². The minimum Gasteiger partial charge on any atom is -0.325 e. The second-order valence-electron chi connectivity index (χ2n) is 8.66. The first-order valence-corrected chi connectivity index (χ1v) is 13.9. The molecule has 0 spiro atoms. The second kappa shape index (κ2) is 9.95. The fraction of sp³-hybridized carbons (Fsp3) is 0.148. The van der Waals surface area contributed by atoms with Crippen molar-refractivity contribution in [2.24, 2.45) is 0 Å². The van der Waals surface area contributed by atoms with E-state index in [9.17, 15) is 17.6 Å². The number of anilines is 2. The third kappa shape index (κ3) is 5.07. The maximum absolute atomic E-state index is 13.8. The van der Waals surface area contributed by atoms with Crippen LogP contribution < -0.4 is 9.62 Å². The number of rotatable bonds is 6. The number of halogens is 1. The maximum atomic E-state index is 13.8. The number of nitrogens with one attached hydrogen (secondary N) is 1. The Morgan fingerprint density at radius 2 is 1.84 bits per heavy atom. The summed E-state index contributed by atoms with van der Waals surface area (Å²) in [6.45, 7) is 3.95. The van der Waals surface area contributed by atoms with Crippen molar-refractivity contribution in [1.29, 1.82) is 0 Å². The SMILES string of the molecule is Cc1ccc(NC(=O)CSc2ncc3c(n2)-c2ccccc2N(Cc2cccc(F)c2)S3(=O)=O)cc1C. The molecular weight excluding hydrogens is 511 g/mol. The summed E-state index contributed by atoms with van der Waals surface area (Å²) in [6.07, 6.45) is 1.27. The van der Waals surface area contributed by atoms with Gasteiger partial charge in [-0.2, -0.15) is 0 Å². The lowest BCUT2D eigenvalue weighted by Gasteiger charge is -2.31. The monoisotopic (exact) mass is 534 g/mol. The number of nitrogens with zero attached hydrogens (tertiary/aromatic N) is 3. The smallest absolute Gasteiger partial charge is 0.268 e. The normalized spacial score (nSPS) is 13.5. The Morgan fingerprint density at radius 1 is 1.03 bits per heavy atom. The van der Waals surface area contributed by atoms with Crippen LogP contribution in [0.3, 0.4) is 0 Å². The summed E-state index contributed by atoms with van der Waals surface area (Å²) in [4.78, 5) is 21.2. The molecule has 1 aliphatic heterocycles. The molecule has 1 aromatic heterocycles. The summed E-state index contributed by atoms with van der Waals surface area (Å²) in [5.74, 6) is -0.595. The molecule has 0 unspecified atom stereocenters. The van der Waals surface area contributed by atoms with E-state index in [1.54, 1.807) is 36.4 Å². The van der Waals surface area contributed by atoms with Crippen LogP contribution in [0.4, 0.5) is 15.8 Å². The molecule has 0 aliphatic carbocycles. The third-order valence-corrected chi connectivity index (χ3v) is 8.69. The first-order chi connectivity index (χ1) is 17.7. The molecular formula is C27H23FN4O3S2. The van der Waals surface area contributed by atoms with Crippen molar-refractivity contribution in [2.45, 2.75) is 30.4 Å². The van der Waals surface area contributed by atoms with Gasteiger partial charge in [0.1, 0.15) is 10.7 Å². The van der Waals surface area contributed by atoms with Crippen LogP contribution in [-0.2, 0) is 21.4 Å². The number of carbonyl (C=O) groups is 1. The second-order valence-corrected chi connectivity index (χ2v) is 11.4. The molecule has 0 radical (unpaired) electrons. The molecule has 0 fully saturated rings. The van der Waals surface area contributed by atoms with Gasteiger partial charge in [-0.15, -0.1) is 0 Å². The summed E-state index contributed by atoms with van der Waals surface area (Å²) in [7, 11) is -4.01. The van der Waals surface area contributed by atoms with Crippen molar-refractivity contribution in [2.75, 3.05) is 15.4 Å². The molecule has 0 atom stereocenters. The lowest BCUT2D eigenvalue weighted by Crippen LogP contribution is -2.34. The van der Waals surface area contributed by atoms with E-state index in [1.165, 1.54) is 22.6 Å². The summed E-state index contributed by atoms with van der Waals surface area (Å²) in [6, 6.07) is 18.6. The fourth-order valence-corrected chi connectivity index (χ4v) is 6.24. The molecule has 1 amide bonds. The number of hydrogen-bond acceptors (Lipinski definition) is 6. The first kappa shape index (κ1) is 24.9. The van der Waals surface area contributed by atoms with Crippen LogP contribution in [0.25, 0.3) is 11.3 Å². The fourth-order valence-electron chi connectivity index (χ4n) is 4.06. The Balaban J connectivity index is 1.40. The molecule has 5 rings (SSSR count). The number of sulfonamides is 1. The number of para-hydroxylation sites is 1. The molecule has 0 saturated carbocycles. The summed E-state index contributed by atoms with van der Waals surface area (Å²) < 4.78 is 42.1. The van der Waals surface area contributed by atoms with Crippen LogP contribution in [-0.4, -0.2) is 30.0 Å². The molecule has 0 bridgehead atoms. The number of benzene rings is 3. The largest absolute Gasteiger partial charge is 0.325 e. The highest BCUT2D eigenvalue weighted by Crippen LogP contribution is 2.42. The van der Waals surface area contributed by atoms with E-state index >= 15 is 0 Å². The maximum Gasteiger partial charge on any atom is 0.268 e. The van der Waals surface area contributed by atoms with E-state index in [0.717, 1.165) is 22.9 Å². The molecule has 10 heteroatoms. The number of hydrogen-bond donors (Lipinski definition) is 1. The Bertz CT molecular complexity index is 1630. The number of amides is 1. The number of fused-ring (bicyclic) bond motifs is 3. The Kier molecular flexibility index (Phi) is 6.70. The predicted octanol–water partition coefficient (Wildman–Crippen LogP) is 5.34. The van der Waals surface area contributed by atoms with Crippen LogP contribution in [0.5, 0.6) is 0 Å². The van der Waals surface area contributed by atoms with Crippen LogP contribution in [0, 0.1) is 19.7 Å². The van der Waals surface area contributed by atoms with Gasteiger partial charge in [0.25, 0.3) is 10.0 Å². The lowest BCUT2D eigenvalue weighted by molar-refractivity contribution is -0.113. The van der Waals surface area contributed by atoms with Crippen LogP contribution >= 0.6 is 11.8 Å². The van der Waals surface area contributed by atoms with E-state index in [1.807, 2.05) is 32.0 Å². The average Bonchev–Trinajstić information content (AvgIpc) is 2.87. The number of carbonyl (C=O) groups excluding carboxylic acids is 1. The molecule has 4 aromatic rings. The van der Waals surface area contributed by atoms with Gasteiger partial charge in [-0.25, -0.2) is 22.8 Å². The van der Waals surface area contributed by atoms with Crippen molar-refractivity contribution in [1.82, 2.24) is 9.97 Å². The molecule has 37 heavy (non-hydrogen) atoms. The minimum absolute atomic E-state index is 0.0356. The Labute approximate surface area is 218 Å². The number of thioether (sulfide) groups is 1. The van der Waals surface area contributed by atoms with Crippen LogP contribution in [0.2, 0.25) is 0 Å². The van der Waals surface area contributed by atoms with Crippen LogP contribution in [0.15, 0.2) is 83.0 Å². The van der Waals surface area contributed by atoms with Crippen molar-refractivity contribution < 1.29 is 17.6 Å². The topological polar surface area (TPSA) is 92.3 Å². The average molecular weight is 535 g/mol. The molecule has 7 nitrogen and oxygen atoms in total. The van der Waals surface area contributed by atoms with Crippen LogP contribution in [0.1, 0.15) is 16.7 Å². The molecule has 1 aliphatic rings. The highest BCUT2D eigenvalue weighted by molar-refractivity contribution is 7.99. The van der Waals surface area contributed by atoms with Gasteiger partial charge in [-0.3, -0.25) is 9.10 Å². The highest BCUT2D eigenvalue weighted by Gasteiger charge is 2.36. The number of aryl methyl sites for hydroxylation is 2. The van der Waals surface area contributed by atoms with Gasteiger partial charge in [-0.1, -0.05) is 48.2 Å². The van der Waals surface area contributed by atoms with E-state index in [2.05, 4.69) is 15.3 Å². The van der Waals surface area contributed by atoms with E-state index in [0.29, 0.717) is 22.5 Å². The van der Waals surface area contributed by atoms with Gasteiger partial charge >= 0.3 is 0 Å².